The van der Waals surface area contributed by atoms with Gasteiger partial charge in [0.25, 0.3) is 0 Å². The van der Waals surface area contributed by atoms with Crippen molar-refractivity contribution in [1.82, 2.24) is 5.32 Å². The van der Waals surface area contributed by atoms with E-state index in [4.69, 9.17) is 0 Å². The molecule has 1 aliphatic rings. The molecule has 1 fully saturated rings. The standard InChI is InChI=1S/C19H31NO/c1-15(6-7-16-8-10-18(21)11-9-16)20-17-5-4-13-19(2,3)14-12-17/h8-11,15,17,20-21H,4-7,12-14H2,1-3H3. The third-order valence-corrected chi connectivity index (χ3v) is 4.90. The Bertz CT molecular complexity index is 424. The Morgan fingerprint density at radius 3 is 2.62 bits per heavy atom. The van der Waals surface area contributed by atoms with Gasteiger partial charge in [-0.2, -0.15) is 0 Å². The molecule has 1 saturated carbocycles. The second-order valence-corrected chi connectivity index (χ2v) is 7.56. The molecule has 0 aliphatic heterocycles. The molecule has 0 radical (unpaired) electrons. The SMILES string of the molecule is CC(CCc1ccc(O)cc1)NC1CCCC(C)(C)CC1. The van der Waals surface area contributed by atoms with E-state index in [-0.39, 0.29) is 0 Å². The minimum Gasteiger partial charge on any atom is -0.508 e. The first-order valence-corrected chi connectivity index (χ1v) is 8.49. The van der Waals surface area contributed by atoms with Gasteiger partial charge in [-0.15, -0.1) is 0 Å². The van der Waals surface area contributed by atoms with Gasteiger partial charge in [-0.05, 0) is 68.6 Å². The first kappa shape index (κ1) is 16.4. The number of benzene rings is 1. The number of aryl methyl sites for hydroxylation is 1. The lowest BCUT2D eigenvalue weighted by atomic mass is 9.85. The van der Waals surface area contributed by atoms with Gasteiger partial charge in [-0.1, -0.05) is 32.4 Å². The van der Waals surface area contributed by atoms with Crippen molar-refractivity contribution < 1.29 is 5.11 Å². The van der Waals surface area contributed by atoms with Gasteiger partial charge < -0.3 is 10.4 Å². The third-order valence-electron chi connectivity index (χ3n) is 4.90. The molecule has 0 aromatic heterocycles. The lowest BCUT2D eigenvalue weighted by molar-refractivity contribution is 0.306. The fourth-order valence-corrected chi connectivity index (χ4v) is 3.36. The van der Waals surface area contributed by atoms with Crippen LogP contribution in [-0.4, -0.2) is 17.2 Å². The number of rotatable bonds is 5. The quantitative estimate of drug-likeness (QED) is 0.773. The van der Waals surface area contributed by atoms with Crippen LogP contribution in [-0.2, 0) is 6.42 Å². The molecule has 2 N–H and O–H groups in total. The van der Waals surface area contributed by atoms with Crippen molar-refractivity contribution in [1.29, 1.82) is 0 Å². The van der Waals surface area contributed by atoms with Crippen LogP contribution >= 0.6 is 0 Å². The zero-order valence-corrected chi connectivity index (χ0v) is 13.9. The van der Waals surface area contributed by atoms with E-state index in [9.17, 15) is 5.11 Å². The molecule has 2 nitrogen and oxygen atoms in total. The molecule has 2 rings (SSSR count). The van der Waals surface area contributed by atoms with Gasteiger partial charge in [0, 0.05) is 12.1 Å². The topological polar surface area (TPSA) is 32.3 Å². The Morgan fingerprint density at radius 2 is 1.90 bits per heavy atom. The van der Waals surface area contributed by atoms with Gasteiger partial charge in [0.05, 0.1) is 0 Å². The number of hydrogen-bond acceptors (Lipinski definition) is 2. The van der Waals surface area contributed by atoms with E-state index in [1.165, 1.54) is 37.7 Å². The first-order chi connectivity index (χ1) is 9.94. The summed E-state index contributed by atoms with van der Waals surface area (Å²) in [6, 6.07) is 8.86. The lowest BCUT2D eigenvalue weighted by Gasteiger charge is -2.24. The number of nitrogens with one attached hydrogen (secondary N) is 1. The fourth-order valence-electron chi connectivity index (χ4n) is 3.36. The zero-order chi connectivity index (χ0) is 15.3. The van der Waals surface area contributed by atoms with E-state index >= 15 is 0 Å². The Hall–Kier alpha value is -1.02. The molecule has 2 atom stereocenters. The minimum atomic E-state index is 0.353. The summed E-state index contributed by atoms with van der Waals surface area (Å²) < 4.78 is 0. The Morgan fingerprint density at radius 1 is 1.19 bits per heavy atom. The highest BCUT2D eigenvalue weighted by Gasteiger charge is 2.24. The highest BCUT2D eigenvalue weighted by atomic mass is 16.3. The van der Waals surface area contributed by atoms with Gasteiger partial charge in [-0.25, -0.2) is 0 Å². The summed E-state index contributed by atoms with van der Waals surface area (Å²) >= 11 is 0. The van der Waals surface area contributed by atoms with E-state index < -0.39 is 0 Å². The molecule has 0 amide bonds. The van der Waals surface area contributed by atoms with Crippen LogP contribution in [0, 0.1) is 5.41 Å². The van der Waals surface area contributed by atoms with Crippen molar-refractivity contribution in [3.05, 3.63) is 29.8 Å². The van der Waals surface area contributed by atoms with Crippen molar-refractivity contribution in [2.24, 2.45) is 5.41 Å². The maximum Gasteiger partial charge on any atom is 0.115 e. The molecule has 118 valence electrons. The average Bonchev–Trinajstić information content (AvgIpc) is 2.60. The van der Waals surface area contributed by atoms with Crippen LogP contribution < -0.4 is 5.32 Å². The van der Waals surface area contributed by atoms with Gasteiger partial charge in [0.15, 0.2) is 0 Å². The van der Waals surface area contributed by atoms with E-state index in [0.717, 1.165) is 12.8 Å². The van der Waals surface area contributed by atoms with Crippen molar-refractivity contribution >= 4 is 0 Å². The molecular formula is C19H31NO. The van der Waals surface area contributed by atoms with Crippen LogP contribution in [0.4, 0.5) is 0 Å². The molecule has 1 aromatic rings. The van der Waals surface area contributed by atoms with Crippen LogP contribution in [0.25, 0.3) is 0 Å². The normalized spacial score (nSPS) is 23.5. The van der Waals surface area contributed by atoms with E-state index in [2.05, 4.69) is 26.1 Å². The van der Waals surface area contributed by atoms with Crippen LogP contribution in [0.2, 0.25) is 0 Å². The summed E-state index contributed by atoms with van der Waals surface area (Å²) in [7, 11) is 0. The summed E-state index contributed by atoms with van der Waals surface area (Å²) in [4.78, 5) is 0. The molecule has 2 unspecified atom stereocenters. The predicted molar refractivity (Wildman–Crippen MR) is 89.7 cm³/mol. The van der Waals surface area contributed by atoms with Crippen molar-refractivity contribution in [3.8, 4) is 5.75 Å². The summed E-state index contributed by atoms with van der Waals surface area (Å²) in [6.07, 6.45) is 8.94. The summed E-state index contributed by atoms with van der Waals surface area (Å²) in [6.45, 7) is 7.11. The fraction of sp³-hybridized carbons (Fsp3) is 0.684. The summed E-state index contributed by atoms with van der Waals surface area (Å²) in [5.41, 5.74) is 1.84. The van der Waals surface area contributed by atoms with Crippen molar-refractivity contribution in [3.63, 3.8) is 0 Å². The molecular weight excluding hydrogens is 258 g/mol. The molecule has 21 heavy (non-hydrogen) atoms. The maximum atomic E-state index is 9.31. The van der Waals surface area contributed by atoms with Crippen LogP contribution in [0.5, 0.6) is 5.75 Å². The largest absolute Gasteiger partial charge is 0.508 e. The van der Waals surface area contributed by atoms with E-state index in [0.29, 0.717) is 23.2 Å². The third kappa shape index (κ3) is 5.70. The Balaban J connectivity index is 1.74. The second kappa shape index (κ2) is 7.31. The number of phenolic OH excluding ortho intramolecular Hbond substituents is 1. The highest BCUT2D eigenvalue weighted by molar-refractivity contribution is 5.25. The van der Waals surface area contributed by atoms with Gasteiger partial charge in [0.2, 0.25) is 0 Å². The Kier molecular flexibility index (Phi) is 5.69. The Labute approximate surface area is 130 Å². The van der Waals surface area contributed by atoms with Crippen LogP contribution in [0.15, 0.2) is 24.3 Å². The van der Waals surface area contributed by atoms with Crippen molar-refractivity contribution in [2.45, 2.75) is 77.8 Å². The number of aromatic hydroxyl groups is 1. The van der Waals surface area contributed by atoms with E-state index in [1.54, 1.807) is 12.1 Å². The summed E-state index contributed by atoms with van der Waals surface area (Å²) in [5.74, 6) is 0.353. The smallest absolute Gasteiger partial charge is 0.115 e. The molecule has 0 bridgehead atoms. The molecule has 0 spiro atoms. The predicted octanol–water partition coefficient (Wildman–Crippen LogP) is 4.66. The second-order valence-electron chi connectivity index (χ2n) is 7.56. The molecule has 0 saturated heterocycles. The summed E-state index contributed by atoms with van der Waals surface area (Å²) in [5, 5.41) is 13.1. The van der Waals surface area contributed by atoms with Gasteiger partial charge in [-0.3, -0.25) is 0 Å². The van der Waals surface area contributed by atoms with Gasteiger partial charge in [0.1, 0.15) is 5.75 Å². The number of hydrogen-bond donors (Lipinski definition) is 2. The van der Waals surface area contributed by atoms with Gasteiger partial charge >= 0.3 is 0 Å². The van der Waals surface area contributed by atoms with Crippen molar-refractivity contribution in [2.75, 3.05) is 0 Å². The maximum absolute atomic E-state index is 9.31. The average molecular weight is 289 g/mol. The monoisotopic (exact) mass is 289 g/mol. The molecule has 0 heterocycles. The van der Waals surface area contributed by atoms with Crippen LogP contribution in [0.1, 0.15) is 64.9 Å². The molecule has 2 heteroatoms. The molecule has 1 aliphatic carbocycles. The minimum absolute atomic E-state index is 0.353. The first-order valence-electron chi connectivity index (χ1n) is 8.49. The zero-order valence-electron chi connectivity index (χ0n) is 13.9. The number of phenols is 1. The highest BCUT2D eigenvalue weighted by Crippen LogP contribution is 2.33. The molecule has 1 aromatic carbocycles. The van der Waals surface area contributed by atoms with Crippen LogP contribution in [0.3, 0.4) is 0 Å². The lowest BCUT2D eigenvalue weighted by Crippen LogP contribution is -2.36. The van der Waals surface area contributed by atoms with E-state index in [1.807, 2.05) is 12.1 Å².